The maximum absolute atomic E-state index is 13.0. The van der Waals surface area contributed by atoms with Crippen molar-refractivity contribution in [2.75, 3.05) is 26.2 Å². The number of para-hydroxylation sites is 2. The molecule has 29 heavy (non-hydrogen) atoms. The van der Waals surface area contributed by atoms with Gasteiger partial charge in [-0.3, -0.25) is 14.3 Å². The first-order valence-electron chi connectivity index (χ1n) is 10.7. The highest BCUT2D eigenvalue weighted by atomic mass is 16.2. The molecule has 1 unspecified atom stereocenters. The molecule has 0 spiro atoms. The van der Waals surface area contributed by atoms with Crippen LogP contribution in [0.4, 0.5) is 0 Å². The smallest absolute Gasteiger partial charge is 0.253 e. The molecule has 5 nitrogen and oxygen atoms in total. The zero-order valence-corrected chi connectivity index (χ0v) is 17.0. The van der Waals surface area contributed by atoms with Gasteiger partial charge in [-0.1, -0.05) is 19.1 Å². The summed E-state index contributed by atoms with van der Waals surface area (Å²) in [5.74, 6) is 0.930. The third-order valence-corrected chi connectivity index (χ3v) is 6.50. The molecule has 0 aliphatic carbocycles. The Morgan fingerprint density at radius 1 is 1.00 bits per heavy atom. The Hall–Kier alpha value is -2.66. The number of piperidine rings is 1. The van der Waals surface area contributed by atoms with Crippen molar-refractivity contribution in [3.63, 3.8) is 0 Å². The number of aromatic nitrogens is 2. The van der Waals surface area contributed by atoms with Crippen LogP contribution in [0.25, 0.3) is 16.7 Å². The number of amides is 1. The Morgan fingerprint density at radius 2 is 1.83 bits per heavy atom. The summed E-state index contributed by atoms with van der Waals surface area (Å²) in [7, 11) is 0. The molecule has 2 atom stereocenters. The average Bonchev–Trinajstić information content (AvgIpc) is 3.41. The molecule has 5 rings (SSSR count). The average molecular weight is 389 g/mol. The Morgan fingerprint density at radius 3 is 2.66 bits per heavy atom. The van der Waals surface area contributed by atoms with Crippen LogP contribution in [0.5, 0.6) is 0 Å². The van der Waals surface area contributed by atoms with E-state index in [4.69, 9.17) is 0 Å². The van der Waals surface area contributed by atoms with Crippen LogP contribution < -0.4 is 0 Å². The fraction of sp³-hybridized carbons (Fsp3) is 0.417. The molecule has 0 bridgehead atoms. The molecule has 3 aromatic rings. The molecule has 3 heterocycles. The highest BCUT2D eigenvalue weighted by Crippen LogP contribution is 2.24. The summed E-state index contributed by atoms with van der Waals surface area (Å²) in [6.45, 7) is 6.43. The van der Waals surface area contributed by atoms with Crippen LogP contribution in [0.2, 0.25) is 0 Å². The van der Waals surface area contributed by atoms with Crippen molar-refractivity contribution in [3.05, 3.63) is 60.4 Å². The quantitative estimate of drug-likeness (QED) is 0.682. The van der Waals surface area contributed by atoms with Gasteiger partial charge in [0.2, 0.25) is 0 Å². The van der Waals surface area contributed by atoms with Crippen LogP contribution in [0.3, 0.4) is 0 Å². The third-order valence-electron chi connectivity index (χ3n) is 6.50. The summed E-state index contributed by atoms with van der Waals surface area (Å²) < 4.78 is 2.06. The molecule has 2 fully saturated rings. The Labute approximate surface area is 171 Å². The second-order valence-electron chi connectivity index (χ2n) is 8.59. The molecule has 5 heteroatoms. The van der Waals surface area contributed by atoms with Gasteiger partial charge in [-0.15, -0.1) is 0 Å². The van der Waals surface area contributed by atoms with Gasteiger partial charge in [-0.2, -0.15) is 0 Å². The number of carbonyl (C=O) groups is 1. The molecular weight excluding hydrogens is 360 g/mol. The number of rotatable bonds is 3. The van der Waals surface area contributed by atoms with Gasteiger partial charge in [-0.25, -0.2) is 4.98 Å². The molecule has 1 aromatic heterocycles. The van der Waals surface area contributed by atoms with Crippen molar-refractivity contribution >= 4 is 16.9 Å². The van der Waals surface area contributed by atoms with Gasteiger partial charge in [-0.05, 0) is 68.1 Å². The van der Waals surface area contributed by atoms with E-state index in [1.807, 2.05) is 53.7 Å². The number of fused-ring (bicyclic) bond motifs is 1. The summed E-state index contributed by atoms with van der Waals surface area (Å²) in [5.41, 5.74) is 3.84. The summed E-state index contributed by atoms with van der Waals surface area (Å²) >= 11 is 0. The molecule has 2 aliphatic heterocycles. The first-order chi connectivity index (χ1) is 14.2. The zero-order chi connectivity index (χ0) is 19.8. The second kappa shape index (κ2) is 7.64. The van der Waals surface area contributed by atoms with E-state index in [0.29, 0.717) is 6.04 Å². The minimum absolute atomic E-state index is 0.152. The summed E-state index contributed by atoms with van der Waals surface area (Å²) in [4.78, 5) is 22.1. The van der Waals surface area contributed by atoms with Gasteiger partial charge < -0.3 is 4.90 Å². The molecule has 0 N–H and O–H groups in total. The van der Waals surface area contributed by atoms with Crippen LogP contribution in [-0.4, -0.2) is 57.5 Å². The van der Waals surface area contributed by atoms with Crippen molar-refractivity contribution in [2.24, 2.45) is 5.92 Å². The minimum atomic E-state index is 0.152. The Kier molecular flexibility index (Phi) is 4.84. The summed E-state index contributed by atoms with van der Waals surface area (Å²) in [5, 5.41) is 0. The molecule has 2 aliphatic rings. The van der Waals surface area contributed by atoms with Crippen LogP contribution in [0, 0.1) is 5.92 Å². The first kappa shape index (κ1) is 18.4. The van der Waals surface area contributed by atoms with E-state index in [9.17, 15) is 4.79 Å². The van der Waals surface area contributed by atoms with Crippen molar-refractivity contribution < 1.29 is 4.79 Å². The van der Waals surface area contributed by atoms with Crippen LogP contribution in [0.1, 0.15) is 36.5 Å². The molecule has 0 radical (unpaired) electrons. The van der Waals surface area contributed by atoms with Gasteiger partial charge in [0, 0.05) is 36.9 Å². The maximum atomic E-state index is 13.0. The standard InChI is InChI=1S/C24H28N4O/c1-18-5-4-13-26(15-18)21-12-14-27(16-21)24(29)19-8-10-20(11-9-19)28-17-25-22-6-2-3-7-23(22)28/h2-3,6-11,17-18,21H,4-5,12-16H2,1H3/t18?,21-/m0/s1. The van der Waals surface area contributed by atoms with E-state index < -0.39 is 0 Å². The monoisotopic (exact) mass is 388 g/mol. The van der Waals surface area contributed by atoms with Crippen LogP contribution in [0.15, 0.2) is 54.9 Å². The minimum Gasteiger partial charge on any atom is -0.337 e. The van der Waals surface area contributed by atoms with Crippen molar-refractivity contribution in [1.29, 1.82) is 0 Å². The predicted molar refractivity (Wildman–Crippen MR) is 115 cm³/mol. The fourth-order valence-corrected chi connectivity index (χ4v) is 4.89. The number of hydrogen-bond donors (Lipinski definition) is 0. The van der Waals surface area contributed by atoms with E-state index in [2.05, 4.69) is 27.4 Å². The molecular formula is C24H28N4O. The lowest BCUT2D eigenvalue weighted by molar-refractivity contribution is 0.0763. The largest absolute Gasteiger partial charge is 0.337 e. The lowest BCUT2D eigenvalue weighted by atomic mass is 9.98. The van der Waals surface area contributed by atoms with Crippen LogP contribution in [-0.2, 0) is 0 Å². The molecule has 2 aromatic carbocycles. The highest BCUT2D eigenvalue weighted by molar-refractivity contribution is 5.94. The lowest BCUT2D eigenvalue weighted by Crippen LogP contribution is -2.44. The number of likely N-dealkylation sites (tertiary alicyclic amines) is 2. The van der Waals surface area contributed by atoms with Crippen molar-refractivity contribution in [2.45, 2.75) is 32.2 Å². The van der Waals surface area contributed by atoms with Gasteiger partial charge in [0.25, 0.3) is 5.91 Å². The van der Waals surface area contributed by atoms with Crippen LogP contribution >= 0.6 is 0 Å². The van der Waals surface area contributed by atoms with Gasteiger partial charge in [0.1, 0.15) is 6.33 Å². The zero-order valence-electron chi connectivity index (χ0n) is 17.0. The number of benzene rings is 2. The molecule has 0 saturated carbocycles. The molecule has 2 saturated heterocycles. The SMILES string of the molecule is CC1CCCN([C@H]2CCN(C(=O)c3ccc(-n4cnc5ccccc54)cc3)C2)C1. The lowest BCUT2D eigenvalue weighted by Gasteiger charge is -2.35. The van der Waals surface area contributed by atoms with Crippen molar-refractivity contribution in [3.8, 4) is 5.69 Å². The number of imidazole rings is 1. The van der Waals surface area contributed by atoms with E-state index in [1.54, 1.807) is 0 Å². The second-order valence-corrected chi connectivity index (χ2v) is 8.59. The van der Waals surface area contributed by atoms with E-state index in [1.165, 1.54) is 25.9 Å². The van der Waals surface area contributed by atoms with Gasteiger partial charge >= 0.3 is 0 Å². The Bertz CT molecular complexity index is 1010. The maximum Gasteiger partial charge on any atom is 0.253 e. The highest BCUT2D eigenvalue weighted by Gasteiger charge is 2.32. The topological polar surface area (TPSA) is 41.4 Å². The first-order valence-corrected chi connectivity index (χ1v) is 10.7. The van der Waals surface area contributed by atoms with E-state index in [-0.39, 0.29) is 5.91 Å². The van der Waals surface area contributed by atoms with Gasteiger partial charge in [0.05, 0.1) is 11.0 Å². The normalized spacial score (nSPS) is 23.0. The summed E-state index contributed by atoms with van der Waals surface area (Å²) in [6.07, 6.45) is 5.56. The van der Waals surface area contributed by atoms with Gasteiger partial charge in [0.15, 0.2) is 0 Å². The number of carbonyl (C=O) groups excluding carboxylic acids is 1. The number of nitrogens with zero attached hydrogens (tertiary/aromatic N) is 4. The number of hydrogen-bond acceptors (Lipinski definition) is 3. The van der Waals surface area contributed by atoms with Crippen molar-refractivity contribution in [1.82, 2.24) is 19.4 Å². The molecule has 1 amide bonds. The third kappa shape index (κ3) is 3.55. The summed E-state index contributed by atoms with van der Waals surface area (Å²) in [6, 6.07) is 16.5. The molecule has 150 valence electrons. The Balaban J connectivity index is 1.28. The predicted octanol–water partition coefficient (Wildman–Crippen LogP) is 3.97. The van der Waals surface area contributed by atoms with E-state index >= 15 is 0 Å². The van der Waals surface area contributed by atoms with E-state index in [0.717, 1.165) is 47.7 Å². The fourth-order valence-electron chi connectivity index (χ4n) is 4.89.